The molecule has 0 fully saturated rings. The van der Waals surface area contributed by atoms with Gasteiger partial charge in [0.25, 0.3) is 5.91 Å². The van der Waals surface area contributed by atoms with E-state index in [0.29, 0.717) is 17.8 Å². The maximum atomic E-state index is 13.9. The van der Waals surface area contributed by atoms with Crippen LogP contribution in [-0.4, -0.2) is 20.7 Å². The number of thioether (sulfide) groups is 1. The maximum absolute atomic E-state index is 13.9. The maximum Gasteiger partial charge on any atom is 0.252 e. The van der Waals surface area contributed by atoms with Crippen LogP contribution >= 0.6 is 11.8 Å². The summed E-state index contributed by atoms with van der Waals surface area (Å²) in [4.78, 5) is 13.9. The number of carbonyl (C=O) groups is 1. The van der Waals surface area contributed by atoms with E-state index in [-0.39, 0.29) is 5.91 Å². The minimum absolute atomic E-state index is 0.139. The highest BCUT2D eigenvalue weighted by Gasteiger charge is 2.26. The van der Waals surface area contributed by atoms with Crippen molar-refractivity contribution in [2.24, 2.45) is 0 Å². The van der Waals surface area contributed by atoms with Gasteiger partial charge in [0.05, 0.1) is 6.04 Å². The van der Waals surface area contributed by atoms with Gasteiger partial charge in [-0.15, -0.1) is 10.2 Å². The van der Waals surface area contributed by atoms with Gasteiger partial charge < -0.3 is 5.32 Å². The number of rotatable bonds is 9. The lowest BCUT2D eigenvalue weighted by atomic mass is 10.0. The summed E-state index contributed by atoms with van der Waals surface area (Å²) >= 11 is 1.65. The normalized spacial score (nSPS) is 11.9. The van der Waals surface area contributed by atoms with Gasteiger partial charge >= 0.3 is 0 Å². The van der Waals surface area contributed by atoms with Crippen molar-refractivity contribution in [3.05, 3.63) is 155 Å². The van der Waals surface area contributed by atoms with E-state index in [9.17, 15) is 4.79 Å². The molecule has 6 rings (SSSR count). The lowest BCUT2D eigenvalue weighted by Gasteiger charge is -2.21. The molecule has 1 aromatic heterocycles. The number of fused-ring (bicyclic) bond motifs is 1. The Morgan fingerprint density at radius 1 is 0.762 bits per heavy atom. The molecule has 42 heavy (non-hydrogen) atoms. The summed E-state index contributed by atoms with van der Waals surface area (Å²) in [7, 11) is 0. The van der Waals surface area contributed by atoms with Crippen LogP contribution in [0.15, 0.2) is 126 Å². The number of aromatic nitrogens is 3. The fourth-order valence-electron chi connectivity index (χ4n) is 5.20. The summed E-state index contributed by atoms with van der Waals surface area (Å²) in [5.74, 6) is 1.32. The predicted molar refractivity (Wildman–Crippen MR) is 171 cm³/mol. The summed E-state index contributed by atoms with van der Waals surface area (Å²) in [6.45, 7) is 4.18. The Morgan fingerprint density at radius 3 is 2.29 bits per heavy atom. The van der Waals surface area contributed by atoms with Crippen LogP contribution in [0.25, 0.3) is 16.5 Å². The topological polar surface area (TPSA) is 59.8 Å². The first kappa shape index (κ1) is 27.5. The summed E-state index contributed by atoms with van der Waals surface area (Å²) in [6.07, 6.45) is 0.573. The van der Waals surface area contributed by atoms with Crippen LogP contribution in [0.5, 0.6) is 0 Å². The number of carbonyl (C=O) groups excluding carboxylic acids is 1. The molecule has 0 bridgehead atoms. The molecule has 6 aromatic rings. The largest absolute Gasteiger partial charge is 0.342 e. The second-order valence-electron chi connectivity index (χ2n) is 10.5. The van der Waals surface area contributed by atoms with Crippen LogP contribution in [0.1, 0.15) is 44.5 Å². The van der Waals surface area contributed by atoms with E-state index >= 15 is 0 Å². The van der Waals surface area contributed by atoms with Crippen molar-refractivity contribution in [3.63, 3.8) is 0 Å². The third kappa shape index (κ3) is 6.14. The molecule has 6 heteroatoms. The Balaban J connectivity index is 1.41. The van der Waals surface area contributed by atoms with Crippen LogP contribution in [0.3, 0.4) is 0 Å². The molecule has 1 heterocycles. The molecular weight excluding hydrogens is 536 g/mol. The highest BCUT2D eigenvalue weighted by molar-refractivity contribution is 7.98. The molecule has 0 aliphatic rings. The van der Waals surface area contributed by atoms with Crippen molar-refractivity contribution in [1.29, 1.82) is 0 Å². The summed E-state index contributed by atoms with van der Waals surface area (Å²) in [5, 5.41) is 15.5. The molecule has 0 aliphatic heterocycles. The van der Waals surface area contributed by atoms with Crippen LogP contribution < -0.4 is 5.32 Å². The quantitative estimate of drug-likeness (QED) is 0.179. The van der Waals surface area contributed by atoms with Crippen molar-refractivity contribution in [2.45, 2.75) is 37.2 Å². The minimum Gasteiger partial charge on any atom is -0.342 e. The first-order valence-electron chi connectivity index (χ1n) is 14.1. The first-order chi connectivity index (χ1) is 20.5. The van der Waals surface area contributed by atoms with Crippen molar-refractivity contribution < 1.29 is 4.79 Å². The Hall–Kier alpha value is -4.68. The third-order valence-electron chi connectivity index (χ3n) is 7.33. The lowest BCUT2D eigenvalue weighted by molar-refractivity contribution is 0.0936. The smallest absolute Gasteiger partial charge is 0.252 e. The van der Waals surface area contributed by atoms with Crippen LogP contribution in [0.2, 0.25) is 0 Å². The summed E-state index contributed by atoms with van der Waals surface area (Å²) in [6, 6.07) is 40.5. The molecular formula is C36H32N4OS. The number of aryl methyl sites for hydroxylation is 2. The van der Waals surface area contributed by atoms with Gasteiger partial charge in [0, 0.05) is 17.0 Å². The molecule has 0 saturated carbocycles. The molecule has 208 valence electrons. The molecule has 0 aliphatic carbocycles. The van der Waals surface area contributed by atoms with Gasteiger partial charge in [0.1, 0.15) is 0 Å². The fourth-order valence-corrected chi connectivity index (χ4v) is 6.10. The molecule has 1 N–H and O–H groups in total. The molecule has 5 aromatic carbocycles. The predicted octanol–water partition coefficient (Wildman–Crippen LogP) is 8.04. The first-order valence-corrected chi connectivity index (χ1v) is 15.1. The van der Waals surface area contributed by atoms with E-state index in [4.69, 9.17) is 5.10 Å². The van der Waals surface area contributed by atoms with Gasteiger partial charge in [-0.1, -0.05) is 126 Å². The average Bonchev–Trinajstić information content (AvgIpc) is 3.44. The van der Waals surface area contributed by atoms with Crippen molar-refractivity contribution in [2.75, 3.05) is 0 Å². The SMILES string of the molecule is Cc1ccc(-n2c(SCc3cccc(C)c3)nnc2C(Cc2ccccc2)NC(=O)c2cccc3ccccc23)cc1. The zero-order valence-electron chi connectivity index (χ0n) is 23.7. The van der Waals surface area contributed by atoms with Crippen LogP contribution in [0, 0.1) is 13.8 Å². The number of amides is 1. The minimum atomic E-state index is -0.416. The number of benzene rings is 5. The monoisotopic (exact) mass is 568 g/mol. The second kappa shape index (κ2) is 12.5. The highest BCUT2D eigenvalue weighted by atomic mass is 32.2. The number of hydrogen-bond donors (Lipinski definition) is 1. The Kier molecular flexibility index (Phi) is 8.15. The van der Waals surface area contributed by atoms with Gasteiger partial charge in [-0.3, -0.25) is 9.36 Å². The summed E-state index contributed by atoms with van der Waals surface area (Å²) in [5.41, 5.74) is 6.34. The van der Waals surface area contributed by atoms with E-state index in [2.05, 4.69) is 89.5 Å². The van der Waals surface area contributed by atoms with Gasteiger partial charge in [-0.25, -0.2) is 0 Å². The highest BCUT2D eigenvalue weighted by Crippen LogP contribution is 2.30. The lowest BCUT2D eigenvalue weighted by Crippen LogP contribution is -2.32. The standard InChI is InChI=1S/C36H32N4OS/c1-25-18-20-30(21-19-25)40-34(38-39-36(40)42-24-28-13-8-10-26(2)22-28)33(23-27-11-4-3-5-12-27)37-35(41)32-17-9-15-29-14-6-7-16-31(29)32/h3-22,33H,23-24H2,1-2H3,(H,37,41). The molecule has 0 spiro atoms. The molecule has 0 radical (unpaired) electrons. The van der Waals surface area contributed by atoms with Crippen molar-refractivity contribution in [3.8, 4) is 5.69 Å². The van der Waals surface area contributed by atoms with Crippen LogP contribution in [-0.2, 0) is 12.2 Å². The zero-order chi connectivity index (χ0) is 28.9. The molecule has 1 unspecified atom stereocenters. The molecule has 1 atom stereocenters. The van der Waals surface area contributed by atoms with E-state index in [1.54, 1.807) is 11.8 Å². The third-order valence-corrected chi connectivity index (χ3v) is 8.33. The fraction of sp³-hybridized carbons (Fsp3) is 0.139. The second-order valence-corrected chi connectivity index (χ2v) is 11.5. The molecule has 0 saturated heterocycles. The number of nitrogens with one attached hydrogen (secondary N) is 1. The number of nitrogens with zero attached hydrogens (tertiary/aromatic N) is 3. The Bertz CT molecular complexity index is 1820. The summed E-state index contributed by atoms with van der Waals surface area (Å²) < 4.78 is 2.09. The Labute approximate surface area is 250 Å². The average molecular weight is 569 g/mol. The van der Waals surface area contributed by atoms with Gasteiger partial charge in [-0.2, -0.15) is 0 Å². The van der Waals surface area contributed by atoms with E-state index in [1.165, 1.54) is 16.7 Å². The van der Waals surface area contributed by atoms with Gasteiger partial charge in [0.15, 0.2) is 11.0 Å². The Morgan fingerprint density at radius 2 is 1.48 bits per heavy atom. The van der Waals surface area contributed by atoms with E-state index in [1.807, 2.05) is 60.7 Å². The van der Waals surface area contributed by atoms with Gasteiger partial charge in [0.2, 0.25) is 0 Å². The number of hydrogen-bond acceptors (Lipinski definition) is 4. The van der Waals surface area contributed by atoms with Crippen molar-refractivity contribution in [1.82, 2.24) is 20.1 Å². The van der Waals surface area contributed by atoms with Gasteiger partial charge in [-0.05, 0) is 60.4 Å². The molecule has 5 nitrogen and oxygen atoms in total. The zero-order valence-corrected chi connectivity index (χ0v) is 24.5. The van der Waals surface area contributed by atoms with E-state index < -0.39 is 6.04 Å². The van der Waals surface area contributed by atoms with Crippen molar-refractivity contribution >= 4 is 28.4 Å². The van der Waals surface area contributed by atoms with E-state index in [0.717, 1.165) is 32.9 Å². The van der Waals surface area contributed by atoms with Crippen LogP contribution in [0.4, 0.5) is 0 Å². The molecule has 1 amide bonds.